The van der Waals surface area contributed by atoms with E-state index in [0.29, 0.717) is 0 Å². The van der Waals surface area contributed by atoms with Crippen LogP contribution in [0.5, 0.6) is 0 Å². The van der Waals surface area contributed by atoms with Crippen LogP contribution in [0.2, 0.25) is 0 Å². The average molecular weight is 435 g/mol. The highest BCUT2D eigenvalue weighted by molar-refractivity contribution is 5.62. The first kappa shape index (κ1) is 25.3. The Morgan fingerprint density at radius 1 is 0.767 bits per heavy atom. The monoisotopic (exact) mass is 435 g/mol. The summed E-state index contributed by atoms with van der Waals surface area (Å²) in [5, 5.41) is 7.42. The van der Waals surface area contributed by atoms with Crippen molar-refractivity contribution in [1.29, 1.82) is 0 Å². The van der Waals surface area contributed by atoms with Gasteiger partial charge in [0.05, 0.1) is 11.1 Å². The fourth-order valence-electron chi connectivity index (χ4n) is 2.64. The third-order valence-electron chi connectivity index (χ3n) is 4.02. The molecule has 1 heterocycles. The van der Waals surface area contributed by atoms with Crippen LogP contribution in [0.15, 0.2) is 54.6 Å². The molecule has 0 atom stereocenters. The number of alkyl halides is 6. The number of halogens is 6. The Bertz CT molecular complexity index is 748. The molecule has 3 rings (SSSR count). The van der Waals surface area contributed by atoms with E-state index < -0.39 is 29.4 Å². The average Bonchev–Trinajstić information content (AvgIpc) is 2.68. The van der Waals surface area contributed by atoms with Gasteiger partial charge in [-0.3, -0.25) is 4.79 Å². The molecule has 30 heavy (non-hydrogen) atoms. The van der Waals surface area contributed by atoms with Crippen molar-refractivity contribution in [3.05, 3.63) is 65.7 Å². The topological polar surface area (TPSA) is 40.5 Å². The third-order valence-corrected chi connectivity index (χ3v) is 4.02. The molecule has 3 nitrogen and oxygen atoms in total. The lowest BCUT2D eigenvalue weighted by molar-refractivity contribution is -0.138. The Hall–Kier alpha value is -2.71. The maximum Gasteiger partial charge on any atom is 0.416 e. The highest BCUT2D eigenvalue weighted by Crippen LogP contribution is 2.31. The molecule has 2 aromatic rings. The van der Waals surface area contributed by atoms with E-state index in [-0.39, 0.29) is 0 Å². The molecular formula is C21H23F6NO2. The summed E-state index contributed by atoms with van der Waals surface area (Å²) < 4.78 is 72.4. The SMILES string of the molecule is CC(=O)O.FC(F)(F)c1ccc(N2CCCCC2)cc1.FC(F)(F)c1ccccc1. The Balaban J connectivity index is 0.000000274. The van der Waals surface area contributed by atoms with Gasteiger partial charge in [0.25, 0.3) is 5.97 Å². The van der Waals surface area contributed by atoms with Crippen LogP contribution in [-0.2, 0) is 17.1 Å². The lowest BCUT2D eigenvalue weighted by atomic mass is 10.1. The second-order valence-electron chi connectivity index (χ2n) is 6.48. The fraction of sp³-hybridized carbons (Fsp3) is 0.381. The van der Waals surface area contributed by atoms with Gasteiger partial charge in [-0.25, -0.2) is 0 Å². The second-order valence-corrected chi connectivity index (χ2v) is 6.48. The largest absolute Gasteiger partial charge is 0.481 e. The minimum Gasteiger partial charge on any atom is -0.481 e. The van der Waals surface area contributed by atoms with Gasteiger partial charge < -0.3 is 10.0 Å². The van der Waals surface area contributed by atoms with E-state index in [1.807, 2.05) is 0 Å². The van der Waals surface area contributed by atoms with Crippen LogP contribution in [0.4, 0.5) is 32.0 Å². The molecule has 0 spiro atoms. The predicted molar refractivity (Wildman–Crippen MR) is 102 cm³/mol. The van der Waals surface area contributed by atoms with Crippen molar-refractivity contribution in [2.45, 2.75) is 38.5 Å². The summed E-state index contributed by atoms with van der Waals surface area (Å²) in [5.74, 6) is -0.833. The molecule has 1 saturated heterocycles. The van der Waals surface area contributed by atoms with E-state index in [9.17, 15) is 26.3 Å². The minimum atomic E-state index is -4.24. The van der Waals surface area contributed by atoms with E-state index in [2.05, 4.69) is 4.90 Å². The standard InChI is InChI=1S/C12H14F3N.C7H5F3.C2H4O2/c13-12(14,15)10-4-6-11(7-5-10)16-8-2-1-3-9-16;8-7(9,10)6-4-2-1-3-5-6;1-2(3)4/h4-7H,1-3,8-9H2;1-5H;1H3,(H,3,4). The lowest BCUT2D eigenvalue weighted by Gasteiger charge is -2.28. The van der Waals surface area contributed by atoms with Crippen molar-refractivity contribution in [2.24, 2.45) is 0 Å². The van der Waals surface area contributed by atoms with E-state index >= 15 is 0 Å². The summed E-state index contributed by atoms with van der Waals surface area (Å²) in [7, 11) is 0. The number of nitrogens with zero attached hydrogens (tertiary/aromatic N) is 1. The molecule has 0 saturated carbocycles. The van der Waals surface area contributed by atoms with Gasteiger partial charge in [-0.2, -0.15) is 26.3 Å². The van der Waals surface area contributed by atoms with Crippen LogP contribution in [0.1, 0.15) is 37.3 Å². The third kappa shape index (κ3) is 9.67. The summed E-state index contributed by atoms with van der Waals surface area (Å²) in [4.78, 5) is 11.1. The van der Waals surface area contributed by atoms with Gasteiger partial charge in [-0.05, 0) is 43.5 Å². The van der Waals surface area contributed by atoms with E-state index in [1.54, 1.807) is 18.2 Å². The molecule has 0 radical (unpaired) electrons. The Labute approximate surface area is 170 Å². The lowest BCUT2D eigenvalue weighted by Crippen LogP contribution is -2.29. The first-order valence-corrected chi connectivity index (χ1v) is 9.15. The normalized spacial score (nSPS) is 14.0. The second kappa shape index (κ2) is 11.5. The molecule has 1 fully saturated rings. The van der Waals surface area contributed by atoms with E-state index in [0.717, 1.165) is 62.8 Å². The first-order valence-electron chi connectivity index (χ1n) is 9.15. The number of carboxylic acids is 1. The number of piperidine rings is 1. The van der Waals surface area contributed by atoms with Crippen molar-refractivity contribution in [3.63, 3.8) is 0 Å². The summed E-state index contributed by atoms with van der Waals surface area (Å²) in [6.45, 7) is 2.98. The molecule has 0 amide bonds. The Morgan fingerprint density at radius 2 is 1.17 bits per heavy atom. The van der Waals surface area contributed by atoms with Crippen molar-refractivity contribution in [1.82, 2.24) is 0 Å². The number of aliphatic carboxylic acids is 1. The molecule has 2 aromatic carbocycles. The number of carbonyl (C=O) groups is 1. The number of anilines is 1. The molecular weight excluding hydrogens is 412 g/mol. The first-order chi connectivity index (χ1) is 13.9. The number of benzene rings is 2. The number of rotatable bonds is 1. The summed E-state index contributed by atoms with van der Waals surface area (Å²) >= 11 is 0. The van der Waals surface area contributed by atoms with Crippen LogP contribution < -0.4 is 4.90 Å². The predicted octanol–water partition coefficient (Wildman–Crippen LogP) is 6.49. The summed E-state index contributed by atoms with van der Waals surface area (Å²) in [6.07, 6.45) is -4.97. The Kier molecular flexibility index (Phi) is 9.68. The quantitative estimate of drug-likeness (QED) is 0.521. The molecule has 166 valence electrons. The highest BCUT2D eigenvalue weighted by Gasteiger charge is 2.30. The molecule has 1 aliphatic rings. The van der Waals surface area contributed by atoms with Gasteiger partial charge >= 0.3 is 12.4 Å². The smallest absolute Gasteiger partial charge is 0.416 e. The van der Waals surface area contributed by atoms with Crippen LogP contribution in [-0.4, -0.2) is 24.2 Å². The van der Waals surface area contributed by atoms with Crippen LogP contribution in [0.25, 0.3) is 0 Å². The van der Waals surface area contributed by atoms with Gasteiger partial charge in [0.1, 0.15) is 0 Å². The number of carboxylic acid groups (broad SMARTS) is 1. The van der Waals surface area contributed by atoms with E-state index in [4.69, 9.17) is 9.90 Å². The molecule has 0 aromatic heterocycles. The molecule has 0 bridgehead atoms. The van der Waals surface area contributed by atoms with Gasteiger partial charge in [0.15, 0.2) is 0 Å². The number of hydrogen-bond donors (Lipinski definition) is 1. The molecule has 9 heteroatoms. The van der Waals surface area contributed by atoms with Gasteiger partial charge in [0.2, 0.25) is 0 Å². The van der Waals surface area contributed by atoms with Crippen molar-refractivity contribution >= 4 is 11.7 Å². The molecule has 0 unspecified atom stereocenters. The van der Waals surface area contributed by atoms with Crippen molar-refractivity contribution < 1.29 is 36.2 Å². The minimum absolute atomic E-state index is 0.576. The van der Waals surface area contributed by atoms with E-state index in [1.165, 1.54) is 18.6 Å². The summed E-state index contributed by atoms with van der Waals surface area (Å²) in [6, 6.07) is 11.8. The maximum atomic E-state index is 12.3. The zero-order valence-corrected chi connectivity index (χ0v) is 16.3. The molecule has 1 aliphatic heterocycles. The van der Waals surface area contributed by atoms with Crippen molar-refractivity contribution in [2.75, 3.05) is 18.0 Å². The van der Waals surface area contributed by atoms with Gasteiger partial charge in [-0.15, -0.1) is 0 Å². The molecule has 1 N–H and O–H groups in total. The van der Waals surface area contributed by atoms with Gasteiger partial charge in [-0.1, -0.05) is 30.3 Å². The summed E-state index contributed by atoms with van der Waals surface area (Å²) in [5.41, 5.74) is -0.282. The zero-order chi connectivity index (χ0) is 22.8. The fourth-order valence-corrected chi connectivity index (χ4v) is 2.64. The number of hydrogen-bond acceptors (Lipinski definition) is 2. The highest BCUT2D eigenvalue weighted by atomic mass is 19.4. The van der Waals surface area contributed by atoms with Crippen LogP contribution in [0.3, 0.4) is 0 Å². The van der Waals surface area contributed by atoms with Crippen LogP contribution >= 0.6 is 0 Å². The van der Waals surface area contributed by atoms with Crippen molar-refractivity contribution in [3.8, 4) is 0 Å². The maximum absolute atomic E-state index is 12.3. The molecule has 0 aliphatic carbocycles. The Morgan fingerprint density at radius 3 is 1.53 bits per heavy atom. The van der Waals surface area contributed by atoms with Crippen LogP contribution in [0, 0.1) is 0 Å². The van der Waals surface area contributed by atoms with Gasteiger partial charge in [0, 0.05) is 25.7 Å². The zero-order valence-electron chi connectivity index (χ0n) is 16.3.